The summed E-state index contributed by atoms with van der Waals surface area (Å²) in [6, 6.07) is 3.62. The Morgan fingerprint density at radius 1 is 1.30 bits per heavy atom. The van der Waals surface area contributed by atoms with Gasteiger partial charge in [-0.3, -0.25) is 14.9 Å². The van der Waals surface area contributed by atoms with Crippen molar-refractivity contribution in [3.63, 3.8) is 0 Å². The minimum Gasteiger partial charge on any atom is -0.342 e. The second-order valence-electron chi connectivity index (χ2n) is 6.63. The van der Waals surface area contributed by atoms with Crippen LogP contribution in [-0.2, 0) is 4.79 Å². The lowest BCUT2D eigenvalue weighted by Gasteiger charge is -2.34. The molecule has 1 aromatic rings. The zero-order valence-electron chi connectivity index (χ0n) is 15.5. The van der Waals surface area contributed by atoms with Crippen LogP contribution in [0.15, 0.2) is 18.2 Å². The molecule has 9 heteroatoms. The Bertz CT molecular complexity index is 701. The summed E-state index contributed by atoms with van der Waals surface area (Å²) >= 11 is 5.76. The van der Waals surface area contributed by atoms with E-state index < -0.39 is 11.0 Å². The molecule has 0 atom stereocenters. The van der Waals surface area contributed by atoms with E-state index in [0.717, 1.165) is 12.8 Å². The second-order valence-corrected chi connectivity index (χ2v) is 7.04. The van der Waals surface area contributed by atoms with Crippen molar-refractivity contribution in [3.05, 3.63) is 33.3 Å². The summed E-state index contributed by atoms with van der Waals surface area (Å²) in [6.45, 7) is 5.27. The summed E-state index contributed by atoms with van der Waals surface area (Å²) in [5, 5.41) is 16.4. The number of carbonyl (C=O) groups excluding carboxylic acids is 2. The van der Waals surface area contributed by atoms with Gasteiger partial charge in [-0.1, -0.05) is 25.4 Å². The maximum atomic E-state index is 12.4. The zero-order chi connectivity index (χ0) is 20.0. The molecule has 27 heavy (non-hydrogen) atoms. The zero-order valence-corrected chi connectivity index (χ0v) is 16.3. The molecule has 1 aliphatic rings. The van der Waals surface area contributed by atoms with Crippen LogP contribution in [0.3, 0.4) is 0 Å². The molecular weight excluding hydrogens is 372 g/mol. The summed E-state index contributed by atoms with van der Waals surface area (Å²) in [5.74, 6) is 0.259. The van der Waals surface area contributed by atoms with Gasteiger partial charge in [-0.25, -0.2) is 4.79 Å². The number of nitrogens with zero attached hydrogens (tertiary/aromatic N) is 2. The van der Waals surface area contributed by atoms with Gasteiger partial charge in [-0.2, -0.15) is 0 Å². The van der Waals surface area contributed by atoms with E-state index in [1.54, 1.807) is 0 Å². The summed E-state index contributed by atoms with van der Waals surface area (Å²) in [7, 11) is 0. The second kappa shape index (κ2) is 9.55. The third-order valence-electron chi connectivity index (χ3n) is 4.88. The van der Waals surface area contributed by atoms with E-state index in [-0.39, 0.29) is 28.6 Å². The number of benzene rings is 1. The van der Waals surface area contributed by atoms with Crippen molar-refractivity contribution >= 4 is 34.9 Å². The number of hydrogen-bond acceptors (Lipinski definition) is 4. The van der Waals surface area contributed by atoms with Gasteiger partial charge in [0.25, 0.3) is 5.69 Å². The maximum absolute atomic E-state index is 12.4. The van der Waals surface area contributed by atoms with Crippen molar-refractivity contribution in [1.29, 1.82) is 0 Å². The van der Waals surface area contributed by atoms with E-state index in [2.05, 4.69) is 10.6 Å². The van der Waals surface area contributed by atoms with E-state index in [4.69, 9.17) is 11.6 Å². The molecule has 1 aromatic carbocycles. The first-order chi connectivity index (χ1) is 12.8. The molecule has 3 amide bonds. The number of likely N-dealkylation sites (tertiary alicyclic amines) is 1. The smallest absolute Gasteiger partial charge is 0.319 e. The Balaban J connectivity index is 1.85. The molecule has 0 aliphatic carbocycles. The highest BCUT2D eigenvalue weighted by Crippen LogP contribution is 2.27. The van der Waals surface area contributed by atoms with Gasteiger partial charge in [0.1, 0.15) is 5.02 Å². The lowest BCUT2D eigenvalue weighted by atomic mass is 9.98. The normalized spacial score (nSPS) is 14.9. The maximum Gasteiger partial charge on any atom is 0.319 e. The number of rotatable bonds is 6. The fraction of sp³-hybridized carbons (Fsp3) is 0.556. The Morgan fingerprint density at radius 3 is 2.48 bits per heavy atom. The number of halogens is 1. The van der Waals surface area contributed by atoms with E-state index in [0.29, 0.717) is 31.6 Å². The van der Waals surface area contributed by atoms with Crippen LogP contribution < -0.4 is 10.6 Å². The highest BCUT2D eigenvalue weighted by atomic mass is 35.5. The van der Waals surface area contributed by atoms with Gasteiger partial charge < -0.3 is 15.5 Å². The van der Waals surface area contributed by atoms with Gasteiger partial charge in [0.15, 0.2) is 0 Å². The standard InChI is InChI=1S/C18H25ClN4O4/c1-3-12(4-2)17(24)22-9-7-13(8-10-22)20-18(25)21-14-5-6-15(19)16(11-14)23(26)27/h5-6,11-13H,3-4,7-10H2,1-2H3,(H2,20,21,25). The average molecular weight is 397 g/mol. The van der Waals surface area contributed by atoms with Crippen LogP contribution in [0.2, 0.25) is 5.02 Å². The van der Waals surface area contributed by atoms with Crippen molar-refractivity contribution in [2.45, 2.75) is 45.6 Å². The molecule has 0 aromatic heterocycles. The molecule has 148 valence electrons. The fourth-order valence-electron chi connectivity index (χ4n) is 3.22. The van der Waals surface area contributed by atoms with Crippen LogP contribution in [0.25, 0.3) is 0 Å². The number of urea groups is 1. The molecule has 2 rings (SSSR count). The average Bonchev–Trinajstić information content (AvgIpc) is 2.64. The molecule has 0 radical (unpaired) electrons. The number of piperidine rings is 1. The van der Waals surface area contributed by atoms with E-state index in [9.17, 15) is 19.7 Å². The van der Waals surface area contributed by atoms with Crippen molar-refractivity contribution in [2.24, 2.45) is 5.92 Å². The minimum absolute atomic E-state index is 0.0143. The van der Waals surface area contributed by atoms with Crippen LogP contribution in [-0.4, -0.2) is 40.9 Å². The number of nitro benzene ring substituents is 1. The van der Waals surface area contributed by atoms with E-state index in [1.165, 1.54) is 18.2 Å². The summed E-state index contributed by atoms with van der Waals surface area (Å²) < 4.78 is 0. The Hall–Kier alpha value is -2.35. The Morgan fingerprint density at radius 2 is 1.93 bits per heavy atom. The van der Waals surface area contributed by atoms with Crippen LogP contribution in [0.1, 0.15) is 39.5 Å². The molecule has 1 saturated heterocycles. The number of amides is 3. The Kier molecular flexibility index (Phi) is 7.41. The predicted molar refractivity (Wildman–Crippen MR) is 104 cm³/mol. The molecule has 1 heterocycles. The lowest BCUT2D eigenvalue weighted by molar-refractivity contribution is -0.384. The highest BCUT2D eigenvalue weighted by Gasteiger charge is 2.27. The molecule has 1 fully saturated rings. The molecule has 2 N–H and O–H groups in total. The van der Waals surface area contributed by atoms with Gasteiger partial charge in [-0.05, 0) is 37.8 Å². The largest absolute Gasteiger partial charge is 0.342 e. The van der Waals surface area contributed by atoms with Gasteiger partial charge in [-0.15, -0.1) is 0 Å². The van der Waals surface area contributed by atoms with Crippen molar-refractivity contribution in [2.75, 3.05) is 18.4 Å². The van der Waals surface area contributed by atoms with Crippen molar-refractivity contribution in [1.82, 2.24) is 10.2 Å². The fourth-order valence-corrected chi connectivity index (χ4v) is 3.41. The first-order valence-corrected chi connectivity index (χ1v) is 9.53. The minimum atomic E-state index is -0.599. The molecular formula is C18H25ClN4O4. The summed E-state index contributed by atoms with van der Waals surface area (Å²) in [5.41, 5.74) is 0.0348. The number of carbonyl (C=O) groups is 2. The quantitative estimate of drug-likeness (QED) is 0.563. The van der Waals surface area contributed by atoms with Crippen LogP contribution in [0.4, 0.5) is 16.2 Å². The third kappa shape index (κ3) is 5.56. The van der Waals surface area contributed by atoms with Gasteiger partial charge in [0, 0.05) is 36.8 Å². The number of nitro groups is 1. The third-order valence-corrected chi connectivity index (χ3v) is 5.20. The first-order valence-electron chi connectivity index (χ1n) is 9.15. The number of hydrogen-bond donors (Lipinski definition) is 2. The van der Waals surface area contributed by atoms with E-state index in [1.807, 2.05) is 18.7 Å². The lowest BCUT2D eigenvalue weighted by Crippen LogP contribution is -2.48. The number of nitrogens with one attached hydrogen (secondary N) is 2. The van der Waals surface area contributed by atoms with Crippen molar-refractivity contribution < 1.29 is 14.5 Å². The number of anilines is 1. The molecule has 0 saturated carbocycles. The van der Waals surface area contributed by atoms with Crippen LogP contribution >= 0.6 is 11.6 Å². The molecule has 0 unspecified atom stereocenters. The Labute approximate surface area is 163 Å². The van der Waals surface area contributed by atoms with Crippen molar-refractivity contribution in [3.8, 4) is 0 Å². The van der Waals surface area contributed by atoms with Gasteiger partial charge >= 0.3 is 6.03 Å². The summed E-state index contributed by atoms with van der Waals surface area (Å²) in [6.07, 6.45) is 3.03. The van der Waals surface area contributed by atoms with Gasteiger partial charge in [0.2, 0.25) is 5.91 Å². The molecule has 1 aliphatic heterocycles. The van der Waals surface area contributed by atoms with Gasteiger partial charge in [0.05, 0.1) is 4.92 Å². The summed E-state index contributed by atoms with van der Waals surface area (Å²) in [4.78, 5) is 36.7. The molecule has 0 spiro atoms. The topological polar surface area (TPSA) is 105 Å². The molecule has 0 bridgehead atoms. The van der Waals surface area contributed by atoms with Crippen LogP contribution in [0.5, 0.6) is 0 Å². The monoisotopic (exact) mass is 396 g/mol. The molecule has 8 nitrogen and oxygen atoms in total. The van der Waals surface area contributed by atoms with E-state index >= 15 is 0 Å². The highest BCUT2D eigenvalue weighted by molar-refractivity contribution is 6.32. The predicted octanol–water partition coefficient (Wildman–Crippen LogP) is 3.80. The first kappa shape index (κ1) is 21.0. The SMILES string of the molecule is CCC(CC)C(=O)N1CCC(NC(=O)Nc2ccc(Cl)c([N+](=O)[O-])c2)CC1. The van der Waals surface area contributed by atoms with Crippen LogP contribution in [0, 0.1) is 16.0 Å².